The molecule has 27 heavy (non-hydrogen) atoms. The van der Waals surface area contributed by atoms with Crippen molar-refractivity contribution in [2.75, 3.05) is 5.09 Å². The third-order valence-corrected chi connectivity index (χ3v) is 4.81. The lowest BCUT2D eigenvalue weighted by Gasteiger charge is -2.11. The van der Waals surface area contributed by atoms with Crippen molar-refractivity contribution in [3.63, 3.8) is 0 Å². The summed E-state index contributed by atoms with van der Waals surface area (Å²) in [6.07, 6.45) is 1.50. The summed E-state index contributed by atoms with van der Waals surface area (Å²) in [7, 11) is 0. The molecule has 0 heterocycles. The van der Waals surface area contributed by atoms with Gasteiger partial charge in [-0.3, -0.25) is 15.5 Å². The van der Waals surface area contributed by atoms with Crippen molar-refractivity contribution >= 4 is 75.2 Å². The molecule has 0 saturated carbocycles. The number of halogens is 2. The van der Waals surface area contributed by atoms with E-state index in [0.717, 1.165) is 6.21 Å². The number of hydrogen-bond donors (Lipinski definition) is 4. The monoisotopic (exact) mass is 518 g/mol. The normalized spacial score (nSPS) is 11.4. The SMILES string of the molecule is N=Cc1c(NPI)ccc(N=C(N)OC(=N)c2cccc([N+](=O)[O-])c2)c1Cl. The summed E-state index contributed by atoms with van der Waals surface area (Å²) in [5.74, 6) is -0.396. The van der Waals surface area contributed by atoms with E-state index >= 15 is 0 Å². The maximum absolute atomic E-state index is 10.8. The number of nitrogens with one attached hydrogen (secondary N) is 3. The van der Waals surface area contributed by atoms with Gasteiger partial charge >= 0.3 is 0 Å². The van der Waals surface area contributed by atoms with Crippen molar-refractivity contribution in [1.82, 2.24) is 0 Å². The molecule has 0 aliphatic carbocycles. The Morgan fingerprint density at radius 2 is 2.19 bits per heavy atom. The van der Waals surface area contributed by atoms with Crippen molar-refractivity contribution in [2.24, 2.45) is 10.7 Å². The number of nitrogens with two attached hydrogens (primary N) is 1. The van der Waals surface area contributed by atoms with Gasteiger partial charge in [0, 0.05) is 41.5 Å². The molecule has 0 aliphatic heterocycles. The number of aliphatic imine (C=N–C) groups is 1. The molecule has 1 atom stereocenters. The molecule has 2 aromatic carbocycles. The quantitative estimate of drug-likeness (QED) is 0.110. The first-order valence-electron chi connectivity index (χ1n) is 7.17. The smallest absolute Gasteiger partial charge is 0.294 e. The van der Waals surface area contributed by atoms with Crippen LogP contribution in [0.25, 0.3) is 0 Å². The highest BCUT2D eigenvalue weighted by Crippen LogP contribution is 2.35. The lowest BCUT2D eigenvalue weighted by Crippen LogP contribution is -2.20. The van der Waals surface area contributed by atoms with Crippen LogP contribution < -0.4 is 10.8 Å². The molecule has 0 aromatic heterocycles. The van der Waals surface area contributed by atoms with Crippen LogP contribution in [0.15, 0.2) is 41.4 Å². The molecule has 2 aromatic rings. The van der Waals surface area contributed by atoms with Crippen LogP contribution in [0.3, 0.4) is 0 Å². The van der Waals surface area contributed by atoms with E-state index in [2.05, 4.69) is 32.1 Å². The van der Waals surface area contributed by atoms with E-state index in [1.54, 1.807) is 12.1 Å². The Labute approximate surface area is 173 Å². The molecule has 1 unspecified atom stereocenters. The van der Waals surface area contributed by atoms with E-state index in [9.17, 15) is 10.1 Å². The van der Waals surface area contributed by atoms with Gasteiger partial charge in [-0.2, -0.15) is 4.99 Å². The van der Waals surface area contributed by atoms with Crippen LogP contribution in [0.1, 0.15) is 11.1 Å². The number of nitro groups is 1. The van der Waals surface area contributed by atoms with Crippen molar-refractivity contribution < 1.29 is 9.66 Å². The predicted octanol–water partition coefficient (Wildman–Crippen LogP) is 4.59. The maximum Gasteiger partial charge on any atom is 0.294 e. The average molecular weight is 519 g/mol. The van der Waals surface area contributed by atoms with E-state index in [4.69, 9.17) is 32.9 Å². The minimum absolute atomic E-state index is 0.172. The lowest BCUT2D eigenvalue weighted by atomic mass is 10.1. The van der Waals surface area contributed by atoms with Gasteiger partial charge in [-0.1, -0.05) is 17.7 Å². The standard InChI is InChI=1S/C15H13ClIN6O3P/c16-13-10(7-18)11(22-27-17)4-5-12(13)21-15(20)26-14(19)8-2-1-3-9(6-8)23(24)25/h1-7,18-19,22,27H,(H2,20,21). The van der Waals surface area contributed by atoms with Gasteiger partial charge in [0.2, 0.25) is 5.90 Å². The zero-order valence-electron chi connectivity index (χ0n) is 13.5. The van der Waals surface area contributed by atoms with Gasteiger partial charge in [0.25, 0.3) is 11.7 Å². The van der Waals surface area contributed by atoms with Crippen LogP contribution in [0.5, 0.6) is 0 Å². The Bertz CT molecular complexity index is 940. The van der Waals surface area contributed by atoms with E-state index in [1.807, 2.05) is 0 Å². The fraction of sp³-hybridized carbons (Fsp3) is 0. The molecule has 5 N–H and O–H groups in total. The number of nitro benzene ring substituents is 1. The fourth-order valence-corrected chi connectivity index (χ4v) is 3.49. The third kappa shape index (κ3) is 5.34. The van der Waals surface area contributed by atoms with Crippen molar-refractivity contribution in [2.45, 2.75) is 0 Å². The molecule has 0 bridgehead atoms. The summed E-state index contributed by atoms with van der Waals surface area (Å²) in [5.41, 5.74) is 7.12. The summed E-state index contributed by atoms with van der Waals surface area (Å²) in [5, 5.41) is 29.5. The molecular formula is C15H13ClIN6O3P. The maximum atomic E-state index is 10.8. The fourth-order valence-electron chi connectivity index (χ4n) is 2.03. The number of benzene rings is 2. The highest BCUT2D eigenvalue weighted by Gasteiger charge is 2.13. The minimum atomic E-state index is -0.571. The highest BCUT2D eigenvalue weighted by atomic mass is 127. The lowest BCUT2D eigenvalue weighted by molar-refractivity contribution is -0.384. The first-order valence-corrected chi connectivity index (χ1v) is 11.7. The predicted molar refractivity (Wildman–Crippen MR) is 118 cm³/mol. The van der Waals surface area contributed by atoms with Crippen molar-refractivity contribution in [3.8, 4) is 0 Å². The Morgan fingerprint density at radius 3 is 2.81 bits per heavy atom. The molecule has 0 radical (unpaired) electrons. The van der Waals surface area contributed by atoms with Crippen LogP contribution in [0, 0.1) is 20.9 Å². The van der Waals surface area contributed by atoms with Gasteiger partial charge in [-0.05, 0) is 40.2 Å². The summed E-state index contributed by atoms with van der Waals surface area (Å²) < 4.78 is 5.14. The van der Waals surface area contributed by atoms with Gasteiger partial charge in [0.05, 0.1) is 15.6 Å². The van der Waals surface area contributed by atoms with Gasteiger partial charge in [-0.25, -0.2) is 0 Å². The largest absolute Gasteiger partial charge is 0.407 e. The molecule has 0 saturated heterocycles. The number of hydrogen-bond acceptors (Lipinski definition) is 7. The summed E-state index contributed by atoms with van der Waals surface area (Å²) >= 11 is 8.42. The molecule has 140 valence electrons. The van der Waals surface area contributed by atoms with Crippen molar-refractivity contribution in [3.05, 3.63) is 62.7 Å². The number of amidine groups is 1. The molecule has 0 spiro atoms. The Kier molecular flexibility index (Phi) is 7.45. The van der Waals surface area contributed by atoms with Crippen molar-refractivity contribution in [1.29, 1.82) is 10.8 Å². The van der Waals surface area contributed by atoms with Gasteiger partial charge in [-0.15, -0.1) is 0 Å². The molecule has 12 heteroatoms. The Morgan fingerprint density at radius 1 is 1.44 bits per heavy atom. The molecule has 0 fully saturated rings. The van der Waals surface area contributed by atoms with Gasteiger partial charge < -0.3 is 21.0 Å². The molecular weight excluding hydrogens is 506 g/mol. The van der Waals surface area contributed by atoms with Gasteiger partial charge in [0.15, 0.2) is 0 Å². The zero-order chi connectivity index (χ0) is 20.0. The summed E-state index contributed by atoms with van der Waals surface area (Å²) in [6.45, 7) is 0. The minimum Gasteiger partial charge on any atom is -0.407 e. The Hall–Kier alpha value is -2.30. The summed E-state index contributed by atoms with van der Waals surface area (Å²) in [6, 6.07) is 8.36. The molecule has 0 amide bonds. The number of non-ortho nitro benzene ring substituents is 1. The molecule has 9 nitrogen and oxygen atoms in total. The first kappa shape index (κ1) is 21.0. The van der Waals surface area contributed by atoms with E-state index in [0.29, 0.717) is 17.6 Å². The summed E-state index contributed by atoms with van der Waals surface area (Å²) in [4.78, 5) is 14.3. The van der Waals surface area contributed by atoms with E-state index in [1.165, 1.54) is 24.3 Å². The highest BCUT2D eigenvalue weighted by molar-refractivity contribution is 14.2. The second-order valence-electron chi connectivity index (χ2n) is 4.91. The molecule has 2 rings (SSSR count). The zero-order valence-corrected chi connectivity index (χ0v) is 17.4. The topological polar surface area (TPSA) is 150 Å². The first-order chi connectivity index (χ1) is 12.9. The van der Waals surface area contributed by atoms with Crippen LogP contribution >= 0.6 is 40.0 Å². The third-order valence-electron chi connectivity index (χ3n) is 3.24. The van der Waals surface area contributed by atoms with Crippen LogP contribution in [-0.2, 0) is 4.74 Å². The van der Waals surface area contributed by atoms with E-state index < -0.39 is 10.8 Å². The number of rotatable bonds is 6. The van der Waals surface area contributed by atoms with Crippen LogP contribution in [0.4, 0.5) is 17.1 Å². The molecule has 0 aliphatic rings. The number of ether oxygens (including phenoxy) is 1. The van der Waals surface area contributed by atoms with E-state index in [-0.39, 0.29) is 28.0 Å². The van der Waals surface area contributed by atoms with Crippen LogP contribution in [-0.4, -0.2) is 23.1 Å². The van der Waals surface area contributed by atoms with Gasteiger partial charge in [0.1, 0.15) is 0 Å². The number of nitrogens with zero attached hydrogens (tertiary/aromatic N) is 2. The number of anilines is 1. The second kappa shape index (κ2) is 9.58. The van der Waals surface area contributed by atoms with Crippen LogP contribution in [0.2, 0.25) is 5.02 Å². The average Bonchev–Trinajstić information content (AvgIpc) is 2.64. The second-order valence-corrected chi connectivity index (χ2v) is 7.35. The Balaban J connectivity index is 2.25.